The minimum Gasteiger partial charge on any atom is -0.340 e. The Morgan fingerprint density at radius 1 is 1.04 bits per heavy atom. The Kier molecular flexibility index (Phi) is 5.89. The van der Waals surface area contributed by atoms with Crippen LogP contribution in [0.2, 0.25) is 0 Å². The molecule has 1 saturated heterocycles. The fourth-order valence-corrected chi connectivity index (χ4v) is 3.87. The van der Waals surface area contributed by atoms with Crippen LogP contribution in [-0.2, 0) is 17.8 Å². The van der Waals surface area contributed by atoms with Gasteiger partial charge in [-0.1, -0.05) is 30.3 Å². The topological polar surface area (TPSA) is 74.2 Å². The number of thiazole rings is 1. The number of benzene rings is 1. The number of hydrogen-bond acceptors (Lipinski definition) is 7. The van der Waals surface area contributed by atoms with Crippen LogP contribution < -0.4 is 5.32 Å². The lowest BCUT2D eigenvalue weighted by Crippen LogP contribution is -2.48. The fraction of sp³-hybridized carbons (Fsp3) is 0.300. The summed E-state index contributed by atoms with van der Waals surface area (Å²) in [6, 6.07) is 12.2. The second kappa shape index (κ2) is 8.90. The monoisotopic (exact) mass is 394 g/mol. The number of carbonyl (C=O) groups is 1. The quantitative estimate of drug-likeness (QED) is 0.693. The highest BCUT2D eigenvalue weighted by Crippen LogP contribution is 2.19. The summed E-state index contributed by atoms with van der Waals surface area (Å²) in [5, 5.41) is 5.67. The number of anilines is 2. The lowest BCUT2D eigenvalue weighted by molar-refractivity contribution is -0.132. The first-order chi connectivity index (χ1) is 13.8. The van der Waals surface area contributed by atoms with Gasteiger partial charge in [-0.3, -0.25) is 9.69 Å². The summed E-state index contributed by atoms with van der Waals surface area (Å²) in [6.45, 7) is 4.26. The zero-order valence-corrected chi connectivity index (χ0v) is 16.3. The average Bonchev–Trinajstić information content (AvgIpc) is 3.17. The van der Waals surface area contributed by atoms with Gasteiger partial charge < -0.3 is 10.2 Å². The minimum absolute atomic E-state index is 0.132. The Labute approximate surface area is 168 Å². The summed E-state index contributed by atoms with van der Waals surface area (Å²) in [7, 11) is 0. The molecule has 3 heterocycles. The van der Waals surface area contributed by atoms with Crippen molar-refractivity contribution >= 4 is 28.3 Å². The van der Waals surface area contributed by atoms with E-state index in [2.05, 4.69) is 49.4 Å². The highest BCUT2D eigenvalue weighted by atomic mass is 32.1. The molecular formula is C20H22N6OS. The maximum Gasteiger partial charge on any atom is 0.228 e. The Morgan fingerprint density at radius 3 is 2.54 bits per heavy atom. The number of nitrogens with zero attached hydrogens (tertiary/aromatic N) is 5. The maximum absolute atomic E-state index is 12.6. The first-order valence-electron chi connectivity index (χ1n) is 9.29. The Morgan fingerprint density at radius 2 is 1.79 bits per heavy atom. The van der Waals surface area contributed by atoms with E-state index >= 15 is 0 Å². The lowest BCUT2D eigenvalue weighted by atomic mass is 10.2. The van der Waals surface area contributed by atoms with E-state index in [1.165, 1.54) is 16.9 Å². The van der Waals surface area contributed by atoms with Crippen LogP contribution in [0.25, 0.3) is 0 Å². The normalized spacial score (nSPS) is 14.8. The second-order valence-corrected chi connectivity index (χ2v) is 7.52. The van der Waals surface area contributed by atoms with Gasteiger partial charge in [-0.05, 0) is 11.6 Å². The van der Waals surface area contributed by atoms with Gasteiger partial charge in [0.25, 0.3) is 0 Å². The highest BCUT2D eigenvalue weighted by Gasteiger charge is 2.22. The third-order valence-electron chi connectivity index (χ3n) is 4.64. The van der Waals surface area contributed by atoms with Crippen molar-refractivity contribution < 1.29 is 4.79 Å². The Hall–Kier alpha value is -2.84. The summed E-state index contributed by atoms with van der Waals surface area (Å²) in [5.74, 6) is 0.636. The molecule has 8 heteroatoms. The molecule has 3 aromatic rings. The Balaban J connectivity index is 1.26. The third-order valence-corrected chi connectivity index (χ3v) is 5.45. The van der Waals surface area contributed by atoms with E-state index in [4.69, 9.17) is 0 Å². The molecule has 1 aliphatic heterocycles. The molecule has 1 aliphatic rings. The Bertz CT molecular complexity index is 893. The van der Waals surface area contributed by atoms with Crippen LogP contribution in [0.5, 0.6) is 0 Å². The van der Waals surface area contributed by atoms with E-state index < -0.39 is 0 Å². The molecule has 0 saturated carbocycles. The molecule has 0 unspecified atom stereocenters. The molecule has 0 atom stereocenters. The number of piperazine rings is 1. The summed E-state index contributed by atoms with van der Waals surface area (Å²) in [6.07, 6.45) is 3.67. The van der Waals surface area contributed by atoms with Gasteiger partial charge in [-0.2, -0.15) is 0 Å². The smallest absolute Gasteiger partial charge is 0.228 e. The minimum atomic E-state index is 0.132. The van der Waals surface area contributed by atoms with Crippen LogP contribution in [-0.4, -0.2) is 56.8 Å². The summed E-state index contributed by atoms with van der Waals surface area (Å²) < 4.78 is 0. The summed E-state index contributed by atoms with van der Waals surface area (Å²) >= 11 is 1.45. The van der Waals surface area contributed by atoms with E-state index in [9.17, 15) is 4.79 Å². The highest BCUT2D eigenvalue weighted by molar-refractivity contribution is 7.13. The van der Waals surface area contributed by atoms with E-state index in [1.807, 2.05) is 16.3 Å². The number of rotatable bonds is 6. The summed E-state index contributed by atoms with van der Waals surface area (Å²) in [4.78, 5) is 29.7. The van der Waals surface area contributed by atoms with Gasteiger partial charge in [-0.15, -0.1) is 11.3 Å². The zero-order valence-electron chi connectivity index (χ0n) is 15.5. The van der Waals surface area contributed by atoms with Gasteiger partial charge in [0.15, 0.2) is 5.13 Å². The van der Waals surface area contributed by atoms with Crippen molar-refractivity contribution in [2.45, 2.75) is 13.0 Å². The molecule has 28 heavy (non-hydrogen) atoms. The van der Waals surface area contributed by atoms with E-state index in [1.54, 1.807) is 18.5 Å². The van der Waals surface area contributed by atoms with Crippen molar-refractivity contribution in [3.8, 4) is 0 Å². The predicted octanol–water partition coefficient (Wildman–Crippen LogP) is 2.56. The molecule has 4 rings (SSSR count). The van der Waals surface area contributed by atoms with Crippen LogP contribution in [0.1, 0.15) is 11.3 Å². The molecule has 144 valence electrons. The largest absolute Gasteiger partial charge is 0.340 e. The molecule has 2 aromatic heterocycles. The van der Waals surface area contributed by atoms with Crippen molar-refractivity contribution in [2.24, 2.45) is 0 Å². The number of aromatic nitrogens is 3. The van der Waals surface area contributed by atoms with Crippen LogP contribution in [0.3, 0.4) is 0 Å². The van der Waals surface area contributed by atoms with Crippen LogP contribution in [0.15, 0.2) is 54.2 Å². The molecular weight excluding hydrogens is 372 g/mol. The van der Waals surface area contributed by atoms with E-state index in [-0.39, 0.29) is 5.91 Å². The van der Waals surface area contributed by atoms with E-state index in [0.29, 0.717) is 17.5 Å². The molecule has 1 fully saturated rings. The van der Waals surface area contributed by atoms with Crippen molar-refractivity contribution in [2.75, 3.05) is 31.5 Å². The number of hydrogen-bond donors (Lipinski definition) is 1. The van der Waals surface area contributed by atoms with Crippen molar-refractivity contribution in [3.05, 3.63) is 65.4 Å². The molecule has 0 radical (unpaired) electrons. The molecule has 0 aliphatic carbocycles. The number of amides is 1. The van der Waals surface area contributed by atoms with Crippen molar-refractivity contribution in [3.63, 3.8) is 0 Å². The SMILES string of the molecule is O=C(Cc1csc(Nc2ncccn2)n1)N1CCN(Cc2ccccc2)CC1. The molecule has 0 bridgehead atoms. The van der Waals surface area contributed by atoms with Crippen LogP contribution in [0.4, 0.5) is 11.1 Å². The molecule has 1 amide bonds. The lowest BCUT2D eigenvalue weighted by Gasteiger charge is -2.34. The molecule has 1 aromatic carbocycles. The van der Waals surface area contributed by atoms with Gasteiger partial charge in [0.1, 0.15) is 0 Å². The van der Waals surface area contributed by atoms with Crippen molar-refractivity contribution in [1.82, 2.24) is 24.8 Å². The molecule has 1 N–H and O–H groups in total. The van der Waals surface area contributed by atoms with Crippen molar-refractivity contribution in [1.29, 1.82) is 0 Å². The molecule has 7 nitrogen and oxygen atoms in total. The predicted molar refractivity (Wildman–Crippen MR) is 109 cm³/mol. The van der Waals surface area contributed by atoms with Crippen LogP contribution in [0, 0.1) is 0 Å². The van der Waals surface area contributed by atoms with Gasteiger partial charge in [0.2, 0.25) is 11.9 Å². The average molecular weight is 395 g/mol. The van der Waals surface area contributed by atoms with Gasteiger partial charge in [0, 0.05) is 50.5 Å². The number of carbonyl (C=O) groups excluding carboxylic acids is 1. The van der Waals surface area contributed by atoms with Gasteiger partial charge in [-0.25, -0.2) is 15.0 Å². The molecule has 0 spiro atoms. The van der Waals surface area contributed by atoms with Gasteiger partial charge in [0.05, 0.1) is 12.1 Å². The first-order valence-corrected chi connectivity index (χ1v) is 10.2. The number of nitrogens with one attached hydrogen (secondary N) is 1. The summed E-state index contributed by atoms with van der Waals surface area (Å²) in [5.41, 5.74) is 2.09. The standard InChI is InChI=1S/C20H22N6OS/c27-18(13-17-15-28-20(23-17)24-19-21-7-4-8-22-19)26-11-9-25(10-12-26)14-16-5-2-1-3-6-16/h1-8,15H,9-14H2,(H,21,22,23,24). The third kappa shape index (κ3) is 4.90. The van der Waals surface area contributed by atoms with E-state index in [0.717, 1.165) is 38.4 Å². The fourth-order valence-electron chi connectivity index (χ4n) is 3.17. The maximum atomic E-state index is 12.6. The zero-order chi connectivity index (χ0) is 19.2. The first kappa shape index (κ1) is 18.5. The van der Waals surface area contributed by atoms with Gasteiger partial charge >= 0.3 is 0 Å². The second-order valence-electron chi connectivity index (χ2n) is 6.66. The van der Waals surface area contributed by atoms with Crippen LogP contribution >= 0.6 is 11.3 Å².